The van der Waals surface area contributed by atoms with Crippen molar-refractivity contribution >= 4 is 0 Å². The van der Waals surface area contributed by atoms with Gasteiger partial charge in [-0.3, -0.25) is 0 Å². The minimum atomic E-state index is -0.742. The Bertz CT molecular complexity index is 1330. The Kier molecular flexibility index (Phi) is 5.17. The molecule has 0 bridgehead atoms. The molecule has 2 heterocycles. The van der Waals surface area contributed by atoms with Crippen molar-refractivity contribution < 1.29 is 8.78 Å². The highest BCUT2D eigenvalue weighted by molar-refractivity contribution is 5.72. The summed E-state index contributed by atoms with van der Waals surface area (Å²) in [7, 11) is 0. The lowest BCUT2D eigenvalue weighted by Crippen LogP contribution is -2.00. The summed E-state index contributed by atoms with van der Waals surface area (Å²) in [5, 5.41) is 0. The lowest BCUT2D eigenvalue weighted by molar-refractivity contribution is 0.583. The Balaban J connectivity index is 1.70. The van der Waals surface area contributed by atoms with E-state index in [0.29, 0.717) is 23.0 Å². The van der Waals surface area contributed by atoms with Crippen LogP contribution < -0.4 is 0 Å². The third-order valence-corrected chi connectivity index (χ3v) is 4.97. The third kappa shape index (κ3) is 3.86. The van der Waals surface area contributed by atoms with Gasteiger partial charge in [-0.05, 0) is 30.3 Å². The van der Waals surface area contributed by atoms with E-state index < -0.39 is 11.8 Å². The Morgan fingerprint density at radius 1 is 0.500 bits per heavy atom. The molecule has 3 aromatic carbocycles. The number of pyridine rings is 1. The van der Waals surface area contributed by atoms with Gasteiger partial charge in [-0.1, -0.05) is 60.7 Å². The van der Waals surface area contributed by atoms with E-state index in [9.17, 15) is 8.78 Å². The first-order valence-corrected chi connectivity index (χ1v) is 9.97. The van der Waals surface area contributed by atoms with Crippen molar-refractivity contribution in [3.63, 3.8) is 0 Å². The smallest absolute Gasteiger partial charge is 0.220 e. The average Bonchev–Trinajstić information content (AvgIpc) is 2.86. The van der Waals surface area contributed by atoms with Gasteiger partial charge in [0.1, 0.15) is 5.82 Å². The normalized spacial score (nSPS) is 10.8. The van der Waals surface area contributed by atoms with Crippen LogP contribution in [0.15, 0.2) is 97.2 Å². The summed E-state index contributed by atoms with van der Waals surface area (Å²) in [5.41, 5.74) is 2.37. The predicted octanol–water partition coefficient (Wildman–Crippen LogP) is 6.21. The van der Waals surface area contributed by atoms with Gasteiger partial charge in [-0.15, -0.1) is 0 Å². The van der Waals surface area contributed by atoms with E-state index in [2.05, 4.69) is 19.9 Å². The van der Waals surface area contributed by atoms with Gasteiger partial charge in [0.25, 0.3) is 0 Å². The Labute approximate surface area is 183 Å². The highest BCUT2D eigenvalue weighted by Gasteiger charge is 2.16. The number of nitrogens with zero attached hydrogens (tertiary/aromatic N) is 4. The SMILES string of the molecule is Fc1ccc(-c2nc(-c3ccccc3)nc(-c3ccccc3)n2)cc1-c1cccnc1F. The average molecular weight is 422 g/mol. The maximum atomic E-state index is 14.6. The van der Waals surface area contributed by atoms with Crippen LogP contribution in [0.25, 0.3) is 45.3 Å². The first kappa shape index (κ1) is 19.6. The number of hydrogen-bond donors (Lipinski definition) is 0. The molecule has 6 heteroatoms. The van der Waals surface area contributed by atoms with Crippen LogP contribution in [0.2, 0.25) is 0 Å². The molecule has 0 saturated heterocycles. The summed E-state index contributed by atoms with van der Waals surface area (Å²) < 4.78 is 28.8. The first-order chi connectivity index (χ1) is 15.7. The second kappa shape index (κ2) is 8.43. The van der Waals surface area contributed by atoms with Gasteiger partial charge in [-0.25, -0.2) is 24.3 Å². The maximum Gasteiger partial charge on any atom is 0.220 e. The van der Waals surface area contributed by atoms with Crippen molar-refractivity contribution in [2.24, 2.45) is 0 Å². The van der Waals surface area contributed by atoms with Crippen LogP contribution >= 0.6 is 0 Å². The van der Waals surface area contributed by atoms with E-state index in [4.69, 9.17) is 0 Å². The van der Waals surface area contributed by atoms with Gasteiger partial charge in [0.2, 0.25) is 5.95 Å². The second-order valence-corrected chi connectivity index (χ2v) is 7.07. The van der Waals surface area contributed by atoms with Crippen LogP contribution in [0.1, 0.15) is 0 Å². The molecule has 0 unspecified atom stereocenters. The van der Waals surface area contributed by atoms with E-state index in [1.165, 1.54) is 24.4 Å². The Morgan fingerprint density at radius 2 is 1.06 bits per heavy atom. The van der Waals surface area contributed by atoms with E-state index >= 15 is 0 Å². The second-order valence-electron chi connectivity index (χ2n) is 7.07. The van der Waals surface area contributed by atoms with Crippen LogP contribution in [0.3, 0.4) is 0 Å². The van der Waals surface area contributed by atoms with Crippen LogP contribution in [-0.4, -0.2) is 19.9 Å². The Hall–Kier alpha value is -4.32. The molecule has 0 radical (unpaired) electrons. The van der Waals surface area contributed by atoms with Gasteiger partial charge in [-0.2, -0.15) is 4.39 Å². The highest BCUT2D eigenvalue weighted by Crippen LogP contribution is 2.30. The molecule has 0 amide bonds. The molecule has 0 saturated carbocycles. The summed E-state index contributed by atoms with van der Waals surface area (Å²) in [6.45, 7) is 0. The van der Waals surface area contributed by atoms with E-state index in [-0.39, 0.29) is 11.1 Å². The fraction of sp³-hybridized carbons (Fsp3) is 0. The zero-order valence-electron chi connectivity index (χ0n) is 16.8. The van der Waals surface area contributed by atoms with Crippen molar-refractivity contribution in [1.29, 1.82) is 0 Å². The third-order valence-electron chi connectivity index (χ3n) is 4.97. The number of halogens is 2. The zero-order valence-corrected chi connectivity index (χ0v) is 16.8. The van der Waals surface area contributed by atoms with Crippen LogP contribution in [0.5, 0.6) is 0 Å². The van der Waals surface area contributed by atoms with Crippen molar-refractivity contribution in [2.75, 3.05) is 0 Å². The lowest BCUT2D eigenvalue weighted by Gasteiger charge is -2.10. The monoisotopic (exact) mass is 422 g/mol. The maximum absolute atomic E-state index is 14.6. The van der Waals surface area contributed by atoms with Gasteiger partial charge in [0.15, 0.2) is 17.5 Å². The van der Waals surface area contributed by atoms with E-state index in [0.717, 1.165) is 11.1 Å². The molecule has 5 aromatic rings. The van der Waals surface area contributed by atoms with Crippen LogP contribution in [0.4, 0.5) is 8.78 Å². The van der Waals surface area contributed by atoms with Crippen molar-refractivity contribution in [3.05, 3.63) is 109 Å². The molecule has 0 aliphatic heterocycles. The molecular weight excluding hydrogens is 406 g/mol. The van der Waals surface area contributed by atoms with Crippen molar-refractivity contribution in [1.82, 2.24) is 19.9 Å². The topological polar surface area (TPSA) is 51.6 Å². The van der Waals surface area contributed by atoms with Gasteiger partial charge in [0, 0.05) is 34.0 Å². The summed E-state index contributed by atoms with van der Waals surface area (Å²) in [6, 6.07) is 26.5. The molecule has 0 aliphatic rings. The summed E-state index contributed by atoms with van der Waals surface area (Å²) >= 11 is 0. The molecule has 0 fully saturated rings. The number of rotatable bonds is 4. The van der Waals surface area contributed by atoms with E-state index in [1.54, 1.807) is 12.1 Å². The highest BCUT2D eigenvalue weighted by atomic mass is 19.1. The first-order valence-electron chi connectivity index (χ1n) is 9.97. The minimum absolute atomic E-state index is 0.0764. The summed E-state index contributed by atoms with van der Waals surface area (Å²) in [6.07, 6.45) is 1.32. The molecule has 0 N–H and O–H groups in total. The fourth-order valence-corrected chi connectivity index (χ4v) is 3.40. The quantitative estimate of drug-likeness (QED) is 0.323. The number of aromatic nitrogens is 4. The standard InChI is InChI=1S/C26H16F2N4/c27-22-14-13-19(16-21(22)20-12-7-15-29-23(20)28)26-31-24(17-8-3-1-4-9-17)30-25(32-26)18-10-5-2-6-11-18/h1-16H. The van der Waals surface area contributed by atoms with E-state index in [1.807, 2.05) is 60.7 Å². The van der Waals surface area contributed by atoms with Gasteiger partial charge >= 0.3 is 0 Å². The molecule has 0 spiro atoms. The molecule has 5 rings (SSSR count). The van der Waals surface area contributed by atoms with Gasteiger partial charge < -0.3 is 0 Å². The molecule has 32 heavy (non-hydrogen) atoms. The van der Waals surface area contributed by atoms with Crippen LogP contribution in [0, 0.1) is 11.8 Å². The van der Waals surface area contributed by atoms with Gasteiger partial charge in [0.05, 0.1) is 0 Å². The lowest BCUT2D eigenvalue weighted by atomic mass is 10.0. The molecular formula is C26H16F2N4. The number of benzene rings is 3. The largest absolute Gasteiger partial charge is 0.228 e. The van der Waals surface area contributed by atoms with Crippen LogP contribution in [-0.2, 0) is 0 Å². The zero-order chi connectivity index (χ0) is 21.9. The van der Waals surface area contributed by atoms with Crippen molar-refractivity contribution in [3.8, 4) is 45.3 Å². The summed E-state index contributed by atoms with van der Waals surface area (Å²) in [5.74, 6) is 0.0550. The Morgan fingerprint density at radius 3 is 1.62 bits per heavy atom. The predicted molar refractivity (Wildman–Crippen MR) is 119 cm³/mol. The molecule has 154 valence electrons. The molecule has 4 nitrogen and oxygen atoms in total. The molecule has 2 aromatic heterocycles. The minimum Gasteiger partial charge on any atom is -0.228 e. The molecule has 0 atom stereocenters. The molecule has 0 aliphatic carbocycles. The number of hydrogen-bond acceptors (Lipinski definition) is 4. The summed E-state index contributed by atoms with van der Waals surface area (Å²) in [4.78, 5) is 17.5. The fourth-order valence-electron chi connectivity index (χ4n) is 3.40. The van der Waals surface area contributed by atoms with Crippen molar-refractivity contribution in [2.45, 2.75) is 0 Å².